The maximum atomic E-state index is 11.8. The normalized spacial score (nSPS) is 21.9. The van der Waals surface area contributed by atoms with E-state index in [1.165, 1.54) is 4.90 Å². The molecule has 1 N–H and O–H groups in total. The summed E-state index contributed by atoms with van der Waals surface area (Å²) in [6.45, 7) is 3.63. The average Bonchev–Trinajstić information content (AvgIpc) is 2.56. The Morgan fingerprint density at radius 3 is 2.44 bits per heavy atom. The highest BCUT2D eigenvalue weighted by Crippen LogP contribution is 2.17. The number of sulfone groups is 1. The summed E-state index contributed by atoms with van der Waals surface area (Å²) in [5, 5.41) is 2.63. The topological polar surface area (TPSA) is 83.6 Å². The van der Waals surface area contributed by atoms with Crippen molar-refractivity contribution in [2.75, 3.05) is 18.6 Å². The molecule has 0 aliphatic carbocycles. The van der Waals surface area contributed by atoms with Crippen LogP contribution in [0.5, 0.6) is 0 Å². The second-order valence-electron chi connectivity index (χ2n) is 4.96. The van der Waals surface area contributed by atoms with Crippen LogP contribution < -0.4 is 5.32 Å². The van der Waals surface area contributed by atoms with Crippen molar-refractivity contribution in [1.29, 1.82) is 0 Å². The zero-order valence-electron chi connectivity index (χ0n) is 11.0. The number of rotatable bonds is 4. The minimum atomic E-state index is -3.02. The largest absolute Gasteiger partial charge is 0.353 e. The Hall–Kier alpha value is -1.11. The molecule has 1 saturated heterocycles. The summed E-state index contributed by atoms with van der Waals surface area (Å²) in [6.07, 6.45) is 0.224. The highest BCUT2D eigenvalue weighted by atomic mass is 32.2. The van der Waals surface area contributed by atoms with Crippen molar-refractivity contribution in [3.63, 3.8) is 0 Å². The third kappa shape index (κ3) is 4.29. The van der Waals surface area contributed by atoms with Gasteiger partial charge in [-0.3, -0.25) is 9.59 Å². The fourth-order valence-electron chi connectivity index (χ4n) is 1.92. The van der Waals surface area contributed by atoms with Gasteiger partial charge in [-0.25, -0.2) is 8.42 Å². The molecule has 0 bridgehead atoms. The zero-order chi connectivity index (χ0) is 13.9. The Morgan fingerprint density at radius 2 is 2.00 bits per heavy atom. The highest BCUT2D eigenvalue weighted by molar-refractivity contribution is 7.91. The van der Waals surface area contributed by atoms with E-state index >= 15 is 0 Å². The summed E-state index contributed by atoms with van der Waals surface area (Å²) >= 11 is 0. The predicted octanol–water partition coefficient (Wildman–Crippen LogP) is -0.453. The summed E-state index contributed by atoms with van der Waals surface area (Å²) < 4.78 is 22.6. The molecule has 0 radical (unpaired) electrons. The lowest BCUT2D eigenvalue weighted by molar-refractivity contribution is -0.136. The van der Waals surface area contributed by atoms with Crippen molar-refractivity contribution in [3.8, 4) is 0 Å². The first kappa shape index (κ1) is 14.9. The smallest absolute Gasteiger partial charge is 0.232 e. The van der Waals surface area contributed by atoms with Gasteiger partial charge in [0, 0.05) is 19.1 Å². The van der Waals surface area contributed by atoms with Gasteiger partial charge in [-0.2, -0.15) is 0 Å². The number of amides is 2. The second-order valence-corrected chi connectivity index (χ2v) is 7.19. The van der Waals surface area contributed by atoms with E-state index in [1.807, 2.05) is 13.8 Å². The lowest BCUT2D eigenvalue weighted by Crippen LogP contribution is -2.41. The van der Waals surface area contributed by atoms with Gasteiger partial charge in [0.1, 0.15) is 6.42 Å². The first-order valence-corrected chi connectivity index (χ1v) is 7.79. The van der Waals surface area contributed by atoms with Gasteiger partial charge in [-0.05, 0) is 20.3 Å². The van der Waals surface area contributed by atoms with E-state index in [-0.39, 0.29) is 41.8 Å². The van der Waals surface area contributed by atoms with E-state index in [9.17, 15) is 18.0 Å². The molecule has 1 fully saturated rings. The van der Waals surface area contributed by atoms with Crippen LogP contribution >= 0.6 is 0 Å². The maximum Gasteiger partial charge on any atom is 0.232 e. The summed E-state index contributed by atoms with van der Waals surface area (Å²) in [7, 11) is -1.46. The Morgan fingerprint density at radius 1 is 1.39 bits per heavy atom. The molecule has 0 aromatic carbocycles. The van der Waals surface area contributed by atoms with Gasteiger partial charge in [0.05, 0.1) is 11.5 Å². The van der Waals surface area contributed by atoms with E-state index in [4.69, 9.17) is 0 Å². The standard InChI is InChI=1S/C11H20N2O4S/c1-8(2)12-10(14)6-11(15)13(3)9-4-5-18(16,17)7-9/h8-9H,4-7H2,1-3H3,(H,12,14). The van der Waals surface area contributed by atoms with Gasteiger partial charge in [0.2, 0.25) is 11.8 Å². The summed E-state index contributed by atoms with van der Waals surface area (Å²) in [4.78, 5) is 24.6. The number of carbonyl (C=O) groups excluding carboxylic acids is 2. The fraction of sp³-hybridized carbons (Fsp3) is 0.818. The molecule has 1 aliphatic rings. The molecule has 1 rings (SSSR count). The molecule has 7 heteroatoms. The van der Waals surface area contributed by atoms with Crippen molar-refractivity contribution in [2.24, 2.45) is 0 Å². The molecular weight excluding hydrogens is 256 g/mol. The molecule has 0 spiro atoms. The Balaban J connectivity index is 2.50. The summed E-state index contributed by atoms with van der Waals surface area (Å²) in [5.74, 6) is -0.549. The molecular formula is C11H20N2O4S. The van der Waals surface area contributed by atoms with Crippen LogP contribution in [-0.2, 0) is 19.4 Å². The number of carbonyl (C=O) groups is 2. The average molecular weight is 276 g/mol. The molecule has 0 aromatic rings. The second kappa shape index (κ2) is 5.69. The molecule has 1 unspecified atom stereocenters. The molecule has 1 aliphatic heterocycles. The van der Waals surface area contributed by atoms with Crippen LogP contribution in [0.25, 0.3) is 0 Å². The van der Waals surface area contributed by atoms with Crippen molar-refractivity contribution < 1.29 is 18.0 Å². The number of hydrogen-bond acceptors (Lipinski definition) is 4. The van der Waals surface area contributed by atoms with Gasteiger partial charge >= 0.3 is 0 Å². The number of nitrogens with zero attached hydrogens (tertiary/aromatic N) is 1. The van der Waals surface area contributed by atoms with Crippen LogP contribution in [0.2, 0.25) is 0 Å². The van der Waals surface area contributed by atoms with Crippen LogP contribution in [0.3, 0.4) is 0 Å². The molecule has 2 amide bonds. The van der Waals surface area contributed by atoms with Gasteiger partial charge < -0.3 is 10.2 Å². The lowest BCUT2D eigenvalue weighted by Gasteiger charge is -2.23. The van der Waals surface area contributed by atoms with Crippen LogP contribution in [0.15, 0.2) is 0 Å². The maximum absolute atomic E-state index is 11.8. The van der Waals surface area contributed by atoms with Gasteiger partial charge in [-0.1, -0.05) is 0 Å². The Kier molecular flexibility index (Phi) is 4.72. The lowest BCUT2D eigenvalue weighted by atomic mass is 10.2. The SMILES string of the molecule is CC(C)NC(=O)CC(=O)N(C)C1CCS(=O)(=O)C1. The van der Waals surface area contributed by atoms with Crippen LogP contribution in [0.1, 0.15) is 26.7 Å². The Labute approximate surface area is 108 Å². The van der Waals surface area contributed by atoms with E-state index in [0.717, 1.165) is 0 Å². The van der Waals surface area contributed by atoms with Crippen LogP contribution in [0.4, 0.5) is 0 Å². The first-order chi connectivity index (χ1) is 8.21. The summed E-state index contributed by atoms with van der Waals surface area (Å²) in [5.41, 5.74) is 0. The van der Waals surface area contributed by atoms with E-state index in [2.05, 4.69) is 5.32 Å². The molecule has 104 valence electrons. The van der Waals surface area contributed by atoms with Gasteiger partial charge in [0.15, 0.2) is 9.84 Å². The molecule has 0 aromatic heterocycles. The molecule has 1 heterocycles. The van der Waals surface area contributed by atoms with Crippen LogP contribution in [-0.4, -0.2) is 55.8 Å². The van der Waals surface area contributed by atoms with Crippen molar-refractivity contribution in [1.82, 2.24) is 10.2 Å². The summed E-state index contributed by atoms with van der Waals surface area (Å²) in [6, 6.07) is -0.309. The molecule has 0 saturated carbocycles. The number of nitrogens with one attached hydrogen (secondary N) is 1. The highest BCUT2D eigenvalue weighted by Gasteiger charge is 2.33. The predicted molar refractivity (Wildman–Crippen MR) is 67.7 cm³/mol. The van der Waals surface area contributed by atoms with Crippen molar-refractivity contribution in [2.45, 2.75) is 38.8 Å². The molecule has 6 nitrogen and oxygen atoms in total. The van der Waals surface area contributed by atoms with E-state index in [1.54, 1.807) is 7.05 Å². The van der Waals surface area contributed by atoms with Crippen molar-refractivity contribution in [3.05, 3.63) is 0 Å². The van der Waals surface area contributed by atoms with E-state index < -0.39 is 9.84 Å². The zero-order valence-corrected chi connectivity index (χ0v) is 11.8. The van der Waals surface area contributed by atoms with E-state index in [0.29, 0.717) is 6.42 Å². The van der Waals surface area contributed by atoms with Crippen LogP contribution in [0, 0.1) is 0 Å². The minimum Gasteiger partial charge on any atom is -0.353 e. The third-order valence-corrected chi connectivity index (χ3v) is 4.66. The fourth-order valence-corrected chi connectivity index (χ4v) is 3.69. The number of hydrogen-bond donors (Lipinski definition) is 1. The molecule has 18 heavy (non-hydrogen) atoms. The first-order valence-electron chi connectivity index (χ1n) is 5.96. The monoisotopic (exact) mass is 276 g/mol. The quantitative estimate of drug-likeness (QED) is 0.705. The Bertz CT molecular complexity index is 430. The molecule has 1 atom stereocenters. The van der Waals surface area contributed by atoms with Crippen molar-refractivity contribution >= 4 is 21.7 Å². The minimum absolute atomic E-state index is 0.00103. The van der Waals surface area contributed by atoms with Gasteiger partial charge in [-0.15, -0.1) is 0 Å². The third-order valence-electron chi connectivity index (χ3n) is 2.91. The van der Waals surface area contributed by atoms with Gasteiger partial charge in [0.25, 0.3) is 0 Å².